The number of para-hydroxylation sites is 1. The molecule has 32 heavy (non-hydrogen) atoms. The van der Waals surface area contributed by atoms with Crippen LogP contribution in [0.4, 0.5) is 5.69 Å². The van der Waals surface area contributed by atoms with Gasteiger partial charge in [-0.25, -0.2) is 0 Å². The van der Waals surface area contributed by atoms with E-state index in [0.29, 0.717) is 22.4 Å². The van der Waals surface area contributed by atoms with Gasteiger partial charge in [0.1, 0.15) is 5.75 Å². The Bertz CT molecular complexity index is 1130. The first kappa shape index (κ1) is 20.8. The number of hydrogen-bond donors (Lipinski definition) is 0. The molecule has 0 bridgehead atoms. The summed E-state index contributed by atoms with van der Waals surface area (Å²) in [6.07, 6.45) is 6.12. The first-order chi connectivity index (χ1) is 15.6. The Labute approximate surface area is 191 Å². The minimum absolute atomic E-state index is 0.139. The highest BCUT2D eigenvalue weighted by Crippen LogP contribution is 2.43. The lowest BCUT2D eigenvalue weighted by Gasteiger charge is -2.30. The Morgan fingerprint density at radius 1 is 1.09 bits per heavy atom. The van der Waals surface area contributed by atoms with Crippen molar-refractivity contribution in [2.24, 2.45) is 0 Å². The summed E-state index contributed by atoms with van der Waals surface area (Å²) >= 11 is 1.39. The van der Waals surface area contributed by atoms with E-state index in [1.165, 1.54) is 31.5 Å². The van der Waals surface area contributed by atoms with Crippen molar-refractivity contribution in [3.8, 4) is 22.9 Å². The van der Waals surface area contributed by atoms with Crippen LogP contribution in [0.25, 0.3) is 11.3 Å². The lowest BCUT2D eigenvalue weighted by atomic mass is 10.1. The van der Waals surface area contributed by atoms with Crippen molar-refractivity contribution in [2.45, 2.75) is 50.1 Å². The van der Waals surface area contributed by atoms with Gasteiger partial charge in [0.2, 0.25) is 23.2 Å². The third-order valence-corrected chi connectivity index (χ3v) is 6.34. The van der Waals surface area contributed by atoms with Crippen molar-refractivity contribution in [1.82, 2.24) is 15.2 Å². The van der Waals surface area contributed by atoms with Gasteiger partial charge in [-0.05, 0) is 62.3 Å². The van der Waals surface area contributed by atoms with Gasteiger partial charge in [-0.15, -0.1) is 10.2 Å². The summed E-state index contributed by atoms with van der Waals surface area (Å²) in [5.74, 6) is 1.05. The lowest BCUT2D eigenvalue weighted by Crippen LogP contribution is -2.36. The molecule has 1 saturated carbocycles. The van der Waals surface area contributed by atoms with E-state index in [1.807, 2.05) is 54.8 Å². The number of ether oxygens (including phenoxy) is 2. The highest BCUT2D eigenvalue weighted by atomic mass is 32.2. The van der Waals surface area contributed by atoms with Crippen LogP contribution < -0.4 is 14.4 Å². The highest BCUT2D eigenvalue weighted by molar-refractivity contribution is 7.98. The van der Waals surface area contributed by atoms with Gasteiger partial charge in [0, 0.05) is 18.1 Å². The SMILES string of the molecule is CSc1nnc2c(n1)O[C@H](c1ccc(OC3CCCC3)cc1)N(C(C)=O)c1ccccc1-2. The number of nitrogens with zero attached hydrogens (tertiary/aromatic N) is 4. The van der Waals surface area contributed by atoms with Crippen LogP contribution in [0.5, 0.6) is 11.6 Å². The van der Waals surface area contributed by atoms with Crippen LogP contribution >= 0.6 is 11.8 Å². The maximum Gasteiger partial charge on any atom is 0.247 e. The van der Waals surface area contributed by atoms with Gasteiger partial charge < -0.3 is 9.47 Å². The standard InChI is InChI=1S/C24H24N4O3S/c1-15(29)28-20-10-6-5-9-19(20)21-22(25-24(32-2)27-26-21)31-23(28)16-11-13-18(14-12-16)30-17-7-3-4-8-17/h5-6,9-14,17,23H,3-4,7-8H2,1-2H3/t23-/m1/s1. The molecule has 8 heteroatoms. The van der Waals surface area contributed by atoms with Gasteiger partial charge in [0.25, 0.3) is 0 Å². The number of rotatable bonds is 4. The maximum absolute atomic E-state index is 12.8. The fourth-order valence-electron chi connectivity index (χ4n) is 4.27. The minimum Gasteiger partial charge on any atom is -0.490 e. The Morgan fingerprint density at radius 2 is 1.84 bits per heavy atom. The number of aromatic nitrogens is 3. The maximum atomic E-state index is 12.8. The van der Waals surface area contributed by atoms with Gasteiger partial charge >= 0.3 is 0 Å². The van der Waals surface area contributed by atoms with Crippen molar-refractivity contribution in [3.05, 3.63) is 54.1 Å². The Hall–Kier alpha value is -3.13. The second-order valence-corrected chi connectivity index (χ2v) is 8.70. The van der Waals surface area contributed by atoms with Crippen molar-refractivity contribution < 1.29 is 14.3 Å². The molecule has 164 valence electrons. The normalized spacial score (nSPS) is 17.8. The monoisotopic (exact) mass is 448 g/mol. The summed E-state index contributed by atoms with van der Waals surface area (Å²) in [7, 11) is 0. The second kappa shape index (κ2) is 8.78. The molecule has 0 saturated heterocycles. The van der Waals surface area contributed by atoms with Crippen molar-refractivity contribution in [2.75, 3.05) is 11.2 Å². The molecule has 2 aromatic carbocycles. The molecule has 1 aliphatic heterocycles. The molecular formula is C24H24N4O3S. The number of benzene rings is 2. The molecular weight excluding hydrogens is 424 g/mol. The summed E-state index contributed by atoms with van der Waals surface area (Å²) in [6, 6.07) is 15.4. The molecule has 1 fully saturated rings. The van der Waals surface area contributed by atoms with E-state index in [2.05, 4.69) is 15.2 Å². The topological polar surface area (TPSA) is 77.4 Å². The third kappa shape index (κ3) is 3.90. The van der Waals surface area contributed by atoms with E-state index >= 15 is 0 Å². The summed E-state index contributed by atoms with van der Waals surface area (Å²) < 4.78 is 12.5. The molecule has 1 aromatic heterocycles. The quantitative estimate of drug-likeness (QED) is 0.518. The van der Waals surface area contributed by atoms with Crippen LogP contribution in [-0.4, -0.2) is 33.4 Å². The lowest BCUT2D eigenvalue weighted by molar-refractivity contribution is -0.118. The molecule has 1 atom stereocenters. The van der Waals surface area contributed by atoms with Gasteiger partial charge in [0.15, 0.2) is 5.69 Å². The molecule has 5 rings (SSSR count). The Balaban J connectivity index is 1.56. The number of carbonyl (C=O) groups is 1. The zero-order chi connectivity index (χ0) is 22.1. The van der Waals surface area contributed by atoms with Crippen LogP contribution in [0, 0.1) is 0 Å². The number of fused-ring (bicyclic) bond motifs is 3. The molecule has 2 heterocycles. The number of thioether (sulfide) groups is 1. The van der Waals surface area contributed by atoms with Crippen molar-refractivity contribution >= 4 is 23.4 Å². The predicted octanol–water partition coefficient (Wildman–Crippen LogP) is 5.03. The van der Waals surface area contributed by atoms with Gasteiger partial charge in [-0.2, -0.15) is 4.98 Å². The minimum atomic E-state index is -0.693. The van der Waals surface area contributed by atoms with Crippen LogP contribution in [0.3, 0.4) is 0 Å². The molecule has 0 N–H and O–H groups in total. The summed E-state index contributed by atoms with van der Waals surface area (Å²) in [6.45, 7) is 1.53. The summed E-state index contributed by atoms with van der Waals surface area (Å²) in [5, 5.41) is 9.06. The average molecular weight is 449 g/mol. The van der Waals surface area contributed by atoms with Crippen molar-refractivity contribution in [3.63, 3.8) is 0 Å². The predicted molar refractivity (Wildman–Crippen MR) is 123 cm³/mol. The molecule has 0 radical (unpaired) electrons. The number of hydrogen-bond acceptors (Lipinski definition) is 7. The molecule has 2 aliphatic rings. The first-order valence-corrected chi connectivity index (χ1v) is 12.0. The zero-order valence-corrected chi connectivity index (χ0v) is 18.8. The van der Waals surface area contributed by atoms with Crippen LogP contribution in [0.2, 0.25) is 0 Å². The third-order valence-electron chi connectivity index (χ3n) is 5.80. The Morgan fingerprint density at radius 3 is 2.56 bits per heavy atom. The van der Waals surface area contributed by atoms with Crippen LogP contribution in [0.1, 0.15) is 44.4 Å². The fourth-order valence-corrected chi connectivity index (χ4v) is 4.56. The summed E-state index contributed by atoms with van der Waals surface area (Å²) in [5.41, 5.74) is 2.82. The van der Waals surface area contributed by atoms with Gasteiger partial charge in [-0.1, -0.05) is 30.0 Å². The highest BCUT2D eigenvalue weighted by Gasteiger charge is 2.34. The Kier molecular flexibility index (Phi) is 5.70. The number of carbonyl (C=O) groups excluding carboxylic acids is 1. The summed E-state index contributed by atoms with van der Waals surface area (Å²) in [4.78, 5) is 19.0. The van der Waals surface area contributed by atoms with E-state index in [9.17, 15) is 4.79 Å². The molecule has 0 unspecified atom stereocenters. The van der Waals surface area contributed by atoms with Gasteiger partial charge in [-0.3, -0.25) is 9.69 Å². The molecule has 0 spiro atoms. The molecule has 1 aliphatic carbocycles. The molecule has 3 aromatic rings. The fraction of sp³-hybridized carbons (Fsp3) is 0.333. The molecule has 7 nitrogen and oxygen atoms in total. The van der Waals surface area contributed by atoms with Crippen LogP contribution in [0.15, 0.2) is 53.7 Å². The van der Waals surface area contributed by atoms with E-state index < -0.39 is 6.23 Å². The van der Waals surface area contributed by atoms with E-state index in [1.54, 1.807) is 4.90 Å². The molecule has 1 amide bonds. The van der Waals surface area contributed by atoms with Crippen LogP contribution in [-0.2, 0) is 4.79 Å². The largest absolute Gasteiger partial charge is 0.490 e. The smallest absolute Gasteiger partial charge is 0.247 e. The number of anilines is 1. The van der Waals surface area contributed by atoms with E-state index in [4.69, 9.17) is 9.47 Å². The van der Waals surface area contributed by atoms with E-state index in [0.717, 1.165) is 29.7 Å². The average Bonchev–Trinajstić information content (AvgIpc) is 3.27. The second-order valence-electron chi connectivity index (χ2n) is 7.92. The van der Waals surface area contributed by atoms with E-state index in [-0.39, 0.29) is 12.0 Å². The zero-order valence-electron chi connectivity index (χ0n) is 18.0. The number of amides is 1. The van der Waals surface area contributed by atoms with Crippen molar-refractivity contribution in [1.29, 1.82) is 0 Å². The van der Waals surface area contributed by atoms with Gasteiger partial charge in [0.05, 0.1) is 11.8 Å². The first-order valence-electron chi connectivity index (χ1n) is 10.7.